The number of halogens is 1. The number of carbonyl (C=O) groups excluding carboxylic acids is 1. The number of rotatable bonds is 6. The van der Waals surface area contributed by atoms with Crippen LogP contribution >= 0.6 is 0 Å². The van der Waals surface area contributed by atoms with Crippen LogP contribution in [-0.2, 0) is 11.2 Å². The Balaban J connectivity index is 1.88. The van der Waals surface area contributed by atoms with Crippen LogP contribution in [0, 0.1) is 5.82 Å². The van der Waals surface area contributed by atoms with Gasteiger partial charge in [-0.1, -0.05) is 36.4 Å². The number of ketones is 1. The Labute approximate surface area is 150 Å². The molecule has 0 spiro atoms. The first-order chi connectivity index (χ1) is 12.5. The van der Waals surface area contributed by atoms with Gasteiger partial charge in [0.15, 0.2) is 0 Å². The van der Waals surface area contributed by atoms with E-state index in [9.17, 15) is 19.2 Å². The molecule has 0 fully saturated rings. The van der Waals surface area contributed by atoms with Crippen LogP contribution in [0.5, 0.6) is 0 Å². The topological polar surface area (TPSA) is 96.4 Å². The molecule has 0 bridgehead atoms. The first-order valence-electron chi connectivity index (χ1n) is 8.21. The molecule has 0 aliphatic heterocycles. The summed E-state index contributed by atoms with van der Waals surface area (Å²) in [6.45, 7) is -0.0712. The maximum atomic E-state index is 14.5. The van der Waals surface area contributed by atoms with E-state index in [2.05, 4.69) is 4.98 Å². The molecule has 3 rings (SSSR count). The van der Waals surface area contributed by atoms with Crippen LogP contribution in [0.25, 0.3) is 10.8 Å². The van der Waals surface area contributed by atoms with Crippen molar-refractivity contribution < 1.29 is 19.2 Å². The van der Waals surface area contributed by atoms with Crippen molar-refractivity contribution in [2.75, 3.05) is 6.54 Å². The summed E-state index contributed by atoms with van der Waals surface area (Å²) in [5, 5.41) is 20.4. The number of carbonyl (C=O) groups is 1. The van der Waals surface area contributed by atoms with E-state index in [0.29, 0.717) is 0 Å². The third-order valence-corrected chi connectivity index (χ3v) is 4.42. The zero-order chi connectivity index (χ0) is 18.7. The van der Waals surface area contributed by atoms with Crippen molar-refractivity contribution >= 4 is 29.1 Å². The predicted octanol–water partition coefficient (Wildman–Crippen LogP) is 0.908. The minimum Gasteiger partial charge on any atom is -0.423 e. The minimum absolute atomic E-state index is 0.0712. The number of Topliss-reactive ketones (excluding diaryl/α,β-unsaturated/α-hetero) is 1. The van der Waals surface area contributed by atoms with E-state index >= 15 is 0 Å². The van der Waals surface area contributed by atoms with Gasteiger partial charge in [-0.25, -0.2) is 4.39 Å². The second-order valence-electron chi connectivity index (χ2n) is 6.11. The number of hydrogen-bond acceptors (Lipinski definition) is 5. The number of nitrogens with zero attached hydrogens (tertiary/aromatic N) is 1. The van der Waals surface area contributed by atoms with E-state index in [1.54, 1.807) is 12.4 Å². The fourth-order valence-corrected chi connectivity index (χ4v) is 3.04. The molecule has 1 atom stereocenters. The zero-order valence-electron chi connectivity index (χ0n) is 14.0. The van der Waals surface area contributed by atoms with Crippen molar-refractivity contribution in [1.82, 2.24) is 4.98 Å². The second-order valence-corrected chi connectivity index (χ2v) is 6.11. The van der Waals surface area contributed by atoms with E-state index in [1.807, 2.05) is 24.3 Å². The van der Waals surface area contributed by atoms with Gasteiger partial charge in [0.2, 0.25) is 0 Å². The monoisotopic (exact) mass is 352 g/mol. The molecule has 0 radical (unpaired) electrons. The van der Waals surface area contributed by atoms with Crippen LogP contribution in [0.1, 0.15) is 17.0 Å². The molecule has 2 aromatic carbocycles. The highest BCUT2D eigenvalue weighted by molar-refractivity contribution is 6.58. The molecule has 0 amide bonds. The van der Waals surface area contributed by atoms with Gasteiger partial charge in [-0.2, -0.15) is 0 Å². The van der Waals surface area contributed by atoms with E-state index in [4.69, 9.17) is 5.73 Å². The highest BCUT2D eigenvalue weighted by Gasteiger charge is 2.26. The Kier molecular flexibility index (Phi) is 5.42. The zero-order valence-corrected chi connectivity index (χ0v) is 14.0. The summed E-state index contributed by atoms with van der Waals surface area (Å²) in [6.07, 6.45) is 3.52. The van der Waals surface area contributed by atoms with Crippen LogP contribution in [0.4, 0.5) is 4.39 Å². The van der Waals surface area contributed by atoms with Crippen molar-refractivity contribution in [1.29, 1.82) is 0 Å². The van der Waals surface area contributed by atoms with Gasteiger partial charge in [-0.3, -0.25) is 9.78 Å². The molecule has 0 saturated carbocycles. The quantitative estimate of drug-likeness (QED) is 0.573. The lowest BCUT2D eigenvalue weighted by atomic mass is 9.77. The highest BCUT2D eigenvalue weighted by Crippen LogP contribution is 2.22. The van der Waals surface area contributed by atoms with Crippen LogP contribution in [0.15, 0.2) is 54.9 Å². The highest BCUT2D eigenvalue weighted by atomic mass is 19.1. The smallest absolute Gasteiger partial charge is 0.423 e. The molecule has 0 saturated heterocycles. The molecular formula is C19H18BFN2O3. The summed E-state index contributed by atoms with van der Waals surface area (Å²) in [7, 11) is -1.95. The van der Waals surface area contributed by atoms with Crippen molar-refractivity contribution in [2.45, 2.75) is 12.3 Å². The number of aromatic nitrogens is 1. The summed E-state index contributed by atoms with van der Waals surface area (Å²) in [5.41, 5.74) is 6.33. The van der Waals surface area contributed by atoms with E-state index in [-0.39, 0.29) is 29.8 Å². The van der Waals surface area contributed by atoms with Crippen molar-refractivity contribution in [2.24, 2.45) is 5.73 Å². The molecule has 3 aromatic rings. The van der Waals surface area contributed by atoms with Gasteiger partial charge in [0.1, 0.15) is 11.6 Å². The Bertz CT molecular complexity index is 949. The first kappa shape index (κ1) is 18.2. The molecule has 4 N–H and O–H groups in total. The standard InChI is InChI=1S/C19H18BFN2O3/c21-19-15(2-1-3-17(19)20(25)26)16(10-22)18(24)9-12-4-5-14-11-23-7-6-13(14)8-12/h1-8,11,16,25-26H,9-10,22H2/t16-/m1/s1. The molecule has 0 unspecified atom stereocenters. The summed E-state index contributed by atoms with van der Waals surface area (Å²) >= 11 is 0. The normalized spacial score (nSPS) is 12.2. The summed E-state index contributed by atoms with van der Waals surface area (Å²) < 4.78 is 14.5. The van der Waals surface area contributed by atoms with E-state index < -0.39 is 18.9 Å². The maximum absolute atomic E-state index is 14.5. The summed E-state index contributed by atoms with van der Waals surface area (Å²) in [5.74, 6) is -1.90. The van der Waals surface area contributed by atoms with Crippen LogP contribution in [0.3, 0.4) is 0 Å². The largest absolute Gasteiger partial charge is 0.491 e. The van der Waals surface area contributed by atoms with Gasteiger partial charge < -0.3 is 15.8 Å². The van der Waals surface area contributed by atoms with Crippen LogP contribution in [-0.4, -0.2) is 34.5 Å². The average molecular weight is 352 g/mol. The fraction of sp³-hybridized carbons (Fsp3) is 0.158. The van der Waals surface area contributed by atoms with Gasteiger partial charge in [-0.05, 0) is 22.6 Å². The average Bonchev–Trinajstić information content (AvgIpc) is 2.63. The Morgan fingerprint density at radius 3 is 2.73 bits per heavy atom. The van der Waals surface area contributed by atoms with Crippen molar-refractivity contribution in [3.8, 4) is 0 Å². The third kappa shape index (κ3) is 3.65. The van der Waals surface area contributed by atoms with Gasteiger partial charge in [-0.15, -0.1) is 0 Å². The minimum atomic E-state index is -1.95. The second kappa shape index (κ2) is 7.74. The number of pyridine rings is 1. The van der Waals surface area contributed by atoms with Crippen LogP contribution in [0.2, 0.25) is 0 Å². The lowest BCUT2D eigenvalue weighted by Gasteiger charge is -2.17. The molecule has 5 nitrogen and oxygen atoms in total. The number of nitrogens with two attached hydrogens (primary N) is 1. The summed E-state index contributed by atoms with van der Waals surface area (Å²) in [6, 6.07) is 11.7. The molecular weight excluding hydrogens is 334 g/mol. The molecule has 1 aromatic heterocycles. The lowest BCUT2D eigenvalue weighted by molar-refractivity contribution is -0.119. The SMILES string of the molecule is NC[C@@H](C(=O)Cc1ccc2cnccc2c1)c1cccc(B(O)O)c1F. The molecule has 26 heavy (non-hydrogen) atoms. The molecule has 0 aliphatic rings. The molecule has 7 heteroatoms. The fourth-order valence-electron chi connectivity index (χ4n) is 3.04. The molecule has 132 valence electrons. The number of hydrogen-bond donors (Lipinski definition) is 3. The predicted molar refractivity (Wildman–Crippen MR) is 98.5 cm³/mol. The van der Waals surface area contributed by atoms with E-state index in [1.165, 1.54) is 18.2 Å². The Morgan fingerprint density at radius 1 is 1.19 bits per heavy atom. The van der Waals surface area contributed by atoms with Gasteiger partial charge in [0, 0.05) is 36.2 Å². The van der Waals surface area contributed by atoms with Crippen molar-refractivity contribution in [3.63, 3.8) is 0 Å². The van der Waals surface area contributed by atoms with Gasteiger partial charge in [0.05, 0.1) is 5.92 Å². The summed E-state index contributed by atoms with van der Waals surface area (Å²) in [4.78, 5) is 16.8. The van der Waals surface area contributed by atoms with Crippen LogP contribution < -0.4 is 11.2 Å². The third-order valence-electron chi connectivity index (χ3n) is 4.42. The van der Waals surface area contributed by atoms with Gasteiger partial charge >= 0.3 is 7.12 Å². The van der Waals surface area contributed by atoms with Crippen molar-refractivity contribution in [3.05, 3.63) is 71.8 Å². The molecule has 1 heterocycles. The maximum Gasteiger partial charge on any atom is 0.491 e. The number of benzene rings is 2. The Morgan fingerprint density at radius 2 is 2.00 bits per heavy atom. The first-order valence-corrected chi connectivity index (χ1v) is 8.21. The number of fused-ring (bicyclic) bond motifs is 1. The Hall–Kier alpha value is -2.61. The van der Waals surface area contributed by atoms with E-state index in [0.717, 1.165) is 16.3 Å². The van der Waals surface area contributed by atoms with Gasteiger partial charge in [0.25, 0.3) is 0 Å². The lowest BCUT2D eigenvalue weighted by Crippen LogP contribution is -2.35. The molecule has 0 aliphatic carbocycles.